The lowest BCUT2D eigenvalue weighted by Gasteiger charge is -2.13. The predicted octanol–water partition coefficient (Wildman–Crippen LogP) is 5.97. The van der Waals surface area contributed by atoms with Gasteiger partial charge in [0.25, 0.3) is 0 Å². The highest BCUT2D eigenvalue weighted by Crippen LogP contribution is 2.31. The molecule has 5 nitrogen and oxygen atoms in total. The van der Waals surface area contributed by atoms with Crippen molar-refractivity contribution >= 4 is 29.5 Å². The van der Waals surface area contributed by atoms with E-state index in [0.29, 0.717) is 35.6 Å². The third-order valence-corrected chi connectivity index (χ3v) is 5.05. The predicted molar refractivity (Wildman–Crippen MR) is 125 cm³/mol. The summed E-state index contributed by atoms with van der Waals surface area (Å²) in [6.45, 7) is 4.76. The maximum Gasteiger partial charge on any atom is 0.363 e. The summed E-state index contributed by atoms with van der Waals surface area (Å²) in [5.41, 5.74) is 3.87. The van der Waals surface area contributed by atoms with Crippen LogP contribution in [-0.2, 0) is 16.1 Å². The Kier molecular flexibility index (Phi) is 6.57. The number of hydrogen-bond donors (Lipinski definition) is 0. The molecule has 0 N–H and O–H groups in total. The number of rotatable bonds is 7. The minimum atomic E-state index is -0.485. The monoisotopic (exact) mass is 447 g/mol. The number of benzene rings is 3. The summed E-state index contributed by atoms with van der Waals surface area (Å²) in [5, 5.41) is 0.680. The van der Waals surface area contributed by atoms with Gasteiger partial charge in [-0.15, -0.1) is 0 Å². The molecule has 0 saturated carbocycles. The maximum atomic E-state index is 12.3. The molecule has 0 amide bonds. The summed E-state index contributed by atoms with van der Waals surface area (Å²) in [6.07, 6.45) is 1.68. The molecule has 0 aromatic heterocycles. The molecule has 3 aromatic rings. The molecule has 0 spiro atoms. The van der Waals surface area contributed by atoms with E-state index in [0.717, 1.165) is 22.3 Å². The zero-order valence-corrected chi connectivity index (χ0v) is 18.6. The number of esters is 1. The number of aryl methyl sites for hydroxylation is 1. The molecule has 0 saturated heterocycles. The zero-order chi connectivity index (χ0) is 22.5. The average Bonchev–Trinajstić information content (AvgIpc) is 3.15. The highest BCUT2D eigenvalue weighted by molar-refractivity contribution is 6.30. The Bertz CT molecular complexity index is 1180. The number of nitrogens with zero attached hydrogens (tertiary/aromatic N) is 1. The molecule has 6 heteroatoms. The van der Waals surface area contributed by atoms with Crippen LogP contribution in [0.1, 0.15) is 29.2 Å². The van der Waals surface area contributed by atoms with E-state index < -0.39 is 5.97 Å². The van der Waals surface area contributed by atoms with E-state index in [9.17, 15) is 4.79 Å². The molecule has 0 bridgehead atoms. The molecule has 0 fully saturated rings. The van der Waals surface area contributed by atoms with Crippen molar-refractivity contribution in [2.75, 3.05) is 6.61 Å². The lowest BCUT2D eigenvalue weighted by Crippen LogP contribution is -2.05. The smallest absolute Gasteiger partial charge is 0.363 e. The van der Waals surface area contributed by atoms with Gasteiger partial charge in [0.1, 0.15) is 6.61 Å². The fourth-order valence-corrected chi connectivity index (χ4v) is 3.26. The van der Waals surface area contributed by atoms with E-state index >= 15 is 0 Å². The Morgan fingerprint density at radius 2 is 1.72 bits per heavy atom. The Hall–Kier alpha value is -3.57. The first-order valence-electron chi connectivity index (χ1n) is 10.3. The summed E-state index contributed by atoms with van der Waals surface area (Å²) in [7, 11) is 0. The van der Waals surface area contributed by atoms with Crippen LogP contribution in [0.5, 0.6) is 11.5 Å². The molecular formula is C26H22ClNO4. The van der Waals surface area contributed by atoms with Gasteiger partial charge in [0.2, 0.25) is 5.90 Å². The summed E-state index contributed by atoms with van der Waals surface area (Å²) in [5.74, 6) is 1.02. The molecule has 32 heavy (non-hydrogen) atoms. The first kappa shape index (κ1) is 21.7. The topological polar surface area (TPSA) is 57.1 Å². The fourth-order valence-electron chi connectivity index (χ4n) is 3.13. The van der Waals surface area contributed by atoms with E-state index in [1.807, 2.05) is 80.6 Å². The van der Waals surface area contributed by atoms with Gasteiger partial charge in [0, 0.05) is 10.6 Å². The van der Waals surface area contributed by atoms with Crippen LogP contribution in [0, 0.1) is 6.92 Å². The largest absolute Gasteiger partial charge is 0.490 e. The van der Waals surface area contributed by atoms with Crippen LogP contribution in [-0.4, -0.2) is 18.5 Å². The molecule has 0 aliphatic carbocycles. The Balaban J connectivity index is 1.54. The van der Waals surface area contributed by atoms with Gasteiger partial charge in [-0.05, 0) is 67.4 Å². The van der Waals surface area contributed by atoms with Gasteiger partial charge in [-0.2, -0.15) is 0 Å². The van der Waals surface area contributed by atoms with E-state index in [1.165, 1.54) is 0 Å². The molecule has 162 valence electrons. The van der Waals surface area contributed by atoms with Crippen molar-refractivity contribution in [2.45, 2.75) is 20.5 Å². The minimum Gasteiger partial charge on any atom is -0.490 e. The number of carbonyl (C=O) groups excluding carboxylic acids is 1. The van der Waals surface area contributed by atoms with Gasteiger partial charge in [-0.3, -0.25) is 0 Å². The Labute approximate surface area is 191 Å². The van der Waals surface area contributed by atoms with Crippen molar-refractivity contribution in [3.8, 4) is 11.5 Å². The normalized spacial score (nSPS) is 14.3. The van der Waals surface area contributed by atoms with Crippen LogP contribution < -0.4 is 9.47 Å². The zero-order valence-electron chi connectivity index (χ0n) is 17.8. The van der Waals surface area contributed by atoms with Crippen molar-refractivity contribution in [2.24, 2.45) is 4.99 Å². The van der Waals surface area contributed by atoms with Crippen molar-refractivity contribution in [3.05, 3.63) is 99.7 Å². The van der Waals surface area contributed by atoms with E-state index in [1.54, 1.807) is 6.08 Å². The van der Waals surface area contributed by atoms with Crippen molar-refractivity contribution < 1.29 is 19.0 Å². The van der Waals surface area contributed by atoms with Crippen LogP contribution in [0.4, 0.5) is 0 Å². The number of hydrogen-bond acceptors (Lipinski definition) is 5. The Morgan fingerprint density at radius 3 is 2.44 bits per heavy atom. The van der Waals surface area contributed by atoms with Gasteiger partial charge in [-0.25, -0.2) is 9.79 Å². The van der Waals surface area contributed by atoms with Gasteiger partial charge in [-0.1, -0.05) is 47.5 Å². The van der Waals surface area contributed by atoms with Crippen LogP contribution in [0.15, 0.2) is 77.4 Å². The summed E-state index contributed by atoms with van der Waals surface area (Å²) in [4.78, 5) is 16.7. The van der Waals surface area contributed by atoms with Gasteiger partial charge < -0.3 is 14.2 Å². The minimum absolute atomic E-state index is 0.234. The molecule has 4 rings (SSSR count). The molecule has 0 atom stereocenters. The SMILES string of the molecule is CCOc1cc(C=C2N=C(c3ccc(C)cc3)OC2=O)ccc1OCc1ccc(Cl)cc1. The number of ether oxygens (including phenoxy) is 3. The second-order valence-electron chi connectivity index (χ2n) is 7.26. The molecule has 3 aromatic carbocycles. The quantitative estimate of drug-likeness (QED) is 0.330. The van der Waals surface area contributed by atoms with Crippen molar-refractivity contribution in [1.29, 1.82) is 0 Å². The third-order valence-electron chi connectivity index (χ3n) is 4.80. The van der Waals surface area contributed by atoms with Gasteiger partial charge in [0.15, 0.2) is 17.2 Å². The van der Waals surface area contributed by atoms with Crippen LogP contribution in [0.25, 0.3) is 6.08 Å². The third kappa shape index (κ3) is 5.18. The van der Waals surface area contributed by atoms with E-state index in [4.69, 9.17) is 25.8 Å². The summed E-state index contributed by atoms with van der Waals surface area (Å²) >= 11 is 5.93. The lowest BCUT2D eigenvalue weighted by atomic mass is 10.1. The second kappa shape index (κ2) is 9.71. The average molecular weight is 448 g/mol. The molecule has 0 unspecified atom stereocenters. The van der Waals surface area contributed by atoms with E-state index in [-0.39, 0.29) is 5.70 Å². The first-order valence-corrected chi connectivity index (χ1v) is 10.6. The van der Waals surface area contributed by atoms with Crippen LogP contribution >= 0.6 is 11.6 Å². The fraction of sp³-hybridized carbons (Fsp3) is 0.154. The van der Waals surface area contributed by atoms with Crippen molar-refractivity contribution in [1.82, 2.24) is 0 Å². The second-order valence-corrected chi connectivity index (χ2v) is 7.69. The summed E-state index contributed by atoms with van der Waals surface area (Å²) in [6, 6.07) is 20.6. The van der Waals surface area contributed by atoms with Crippen LogP contribution in [0.3, 0.4) is 0 Å². The molecule has 1 heterocycles. The van der Waals surface area contributed by atoms with Gasteiger partial charge >= 0.3 is 5.97 Å². The number of carbonyl (C=O) groups is 1. The first-order chi connectivity index (χ1) is 15.5. The highest BCUT2D eigenvalue weighted by Gasteiger charge is 2.24. The van der Waals surface area contributed by atoms with E-state index in [2.05, 4.69) is 4.99 Å². The lowest BCUT2D eigenvalue weighted by molar-refractivity contribution is -0.129. The highest BCUT2D eigenvalue weighted by atomic mass is 35.5. The van der Waals surface area contributed by atoms with Crippen LogP contribution in [0.2, 0.25) is 5.02 Å². The molecule has 0 radical (unpaired) electrons. The van der Waals surface area contributed by atoms with Crippen molar-refractivity contribution in [3.63, 3.8) is 0 Å². The summed E-state index contributed by atoms with van der Waals surface area (Å²) < 4.78 is 17.0. The number of halogens is 1. The molecule has 1 aliphatic heterocycles. The maximum absolute atomic E-state index is 12.3. The number of aliphatic imine (C=N–C) groups is 1. The standard InChI is InChI=1S/C26H22ClNO4/c1-3-30-24-15-19(8-13-23(24)31-16-18-6-11-21(27)12-7-18)14-22-26(29)32-25(28-22)20-9-4-17(2)5-10-20/h4-15H,3,16H2,1-2H3. The Morgan fingerprint density at radius 1 is 0.969 bits per heavy atom. The molecule has 1 aliphatic rings. The number of cyclic esters (lactones) is 1. The van der Waals surface area contributed by atoms with Gasteiger partial charge in [0.05, 0.1) is 6.61 Å². The molecular weight excluding hydrogens is 426 g/mol.